The van der Waals surface area contributed by atoms with Gasteiger partial charge in [-0.2, -0.15) is 0 Å². The molecular formula is C18H17ClN4O. The van der Waals surface area contributed by atoms with Gasteiger partial charge in [-0.1, -0.05) is 30.3 Å². The lowest BCUT2D eigenvalue weighted by molar-refractivity contribution is -0.117. The summed E-state index contributed by atoms with van der Waals surface area (Å²) in [6.07, 6.45) is 2.42. The first-order valence-corrected chi connectivity index (χ1v) is 7.95. The van der Waals surface area contributed by atoms with Crippen molar-refractivity contribution < 1.29 is 4.79 Å². The lowest BCUT2D eigenvalue weighted by Gasteiger charge is -2.20. The van der Waals surface area contributed by atoms with Crippen molar-refractivity contribution in [3.05, 3.63) is 65.1 Å². The van der Waals surface area contributed by atoms with Crippen molar-refractivity contribution in [2.24, 2.45) is 0 Å². The van der Waals surface area contributed by atoms with Crippen molar-refractivity contribution in [1.82, 2.24) is 20.6 Å². The summed E-state index contributed by atoms with van der Waals surface area (Å²) in [6, 6.07) is 9.16. The summed E-state index contributed by atoms with van der Waals surface area (Å²) in [5, 5.41) is 6.65. The molecule has 24 heavy (non-hydrogen) atoms. The van der Waals surface area contributed by atoms with E-state index in [0.29, 0.717) is 34.4 Å². The third-order valence-electron chi connectivity index (χ3n) is 3.80. The minimum atomic E-state index is -0.0566. The van der Waals surface area contributed by atoms with Gasteiger partial charge in [-0.05, 0) is 25.1 Å². The highest BCUT2D eigenvalue weighted by Gasteiger charge is 2.17. The highest BCUT2D eigenvalue weighted by atomic mass is 35.5. The van der Waals surface area contributed by atoms with Crippen LogP contribution in [0.4, 0.5) is 0 Å². The van der Waals surface area contributed by atoms with Crippen molar-refractivity contribution >= 4 is 23.2 Å². The van der Waals surface area contributed by atoms with Gasteiger partial charge in [0, 0.05) is 41.0 Å². The number of hydrogen-bond acceptors (Lipinski definition) is 4. The summed E-state index contributed by atoms with van der Waals surface area (Å²) >= 11 is 6.03. The average Bonchev–Trinajstić information content (AvgIpc) is 2.59. The van der Waals surface area contributed by atoms with Gasteiger partial charge in [0.25, 0.3) is 0 Å². The van der Waals surface area contributed by atoms with Crippen LogP contribution in [0.5, 0.6) is 0 Å². The number of carbonyl (C=O) groups excluding carboxylic acids is 1. The van der Waals surface area contributed by atoms with Gasteiger partial charge in [-0.25, -0.2) is 9.97 Å². The maximum Gasteiger partial charge on any atom is 0.248 e. The van der Waals surface area contributed by atoms with E-state index in [-0.39, 0.29) is 5.91 Å². The normalized spacial score (nSPS) is 14.3. The monoisotopic (exact) mass is 340 g/mol. The van der Waals surface area contributed by atoms with E-state index in [1.807, 2.05) is 18.2 Å². The first-order chi connectivity index (χ1) is 11.5. The number of nitrogens with zero attached hydrogens (tertiary/aromatic N) is 2. The van der Waals surface area contributed by atoms with Gasteiger partial charge < -0.3 is 10.6 Å². The van der Waals surface area contributed by atoms with E-state index in [1.54, 1.807) is 25.3 Å². The number of aromatic nitrogens is 2. The van der Waals surface area contributed by atoms with Crippen LogP contribution in [0.2, 0.25) is 5.02 Å². The predicted octanol–water partition coefficient (Wildman–Crippen LogP) is 3.15. The predicted molar refractivity (Wildman–Crippen MR) is 95.0 cm³/mol. The quantitative estimate of drug-likeness (QED) is 0.897. The molecule has 3 rings (SSSR count). The van der Waals surface area contributed by atoms with Gasteiger partial charge in [0.1, 0.15) is 0 Å². The lowest BCUT2D eigenvalue weighted by Crippen LogP contribution is -2.34. The highest BCUT2D eigenvalue weighted by Crippen LogP contribution is 2.21. The van der Waals surface area contributed by atoms with Crippen LogP contribution in [0.25, 0.3) is 17.1 Å². The summed E-state index contributed by atoms with van der Waals surface area (Å²) < 4.78 is 0. The topological polar surface area (TPSA) is 66.9 Å². The maximum absolute atomic E-state index is 11.7. The number of rotatable bonds is 4. The molecule has 1 aliphatic rings. The number of benzene rings is 1. The third-order valence-corrected chi connectivity index (χ3v) is 4.04. The van der Waals surface area contributed by atoms with E-state index in [0.717, 1.165) is 17.7 Å². The van der Waals surface area contributed by atoms with E-state index in [2.05, 4.69) is 27.2 Å². The largest absolute Gasteiger partial charge is 0.357 e. The summed E-state index contributed by atoms with van der Waals surface area (Å²) in [4.78, 5) is 20.5. The van der Waals surface area contributed by atoms with Crippen LogP contribution in [-0.2, 0) is 4.79 Å². The number of nitrogens with one attached hydrogen (secondary N) is 2. The molecule has 1 aromatic carbocycles. The fraction of sp³-hybridized carbons (Fsp3) is 0.167. The second-order valence-corrected chi connectivity index (χ2v) is 5.93. The third kappa shape index (κ3) is 3.46. The summed E-state index contributed by atoms with van der Waals surface area (Å²) in [5.41, 5.74) is 3.68. The van der Waals surface area contributed by atoms with Gasteiger partial charge in [0.15, 0.2) is 5.82 Å². The van der Waals surface area contributed by atoms with E-state index in [4.69, 9.17) is 11.6 Å². The van der Waals surface area contributed by atoms with Crippen LogP contribution in [0.3, 0.4) is 0 Å². The molecule has 6 heteroatoms. The molecule has 2 aromatic rings. The van der Waals surface area contributed by atoms with Crippen molar-refractivity contribution in [2.45, 2.75) is 13.3 Å². The van der Waals surface area contributed by atoms with Crippen molar-refractivity contribution in [2.75, 3.05) is 6.54 Å². The summed E-state index contributed by atoms with van der Waals surface area (Å²) in [7, 11) is 0. The molecule has 2 N–H and O–H groups in total. The van der Waals surface area contributed by atoms with Gasteiger partial charge in [0.05, 0.1) is 11.4 Å². The molecule has 0 unspecified atom stereocenters. The Hall–Kier alpha value is -2.66. The fourth-order valence-corrected chi connectivity index (χ4v) is 2.64. The molecule has 0 spiro atoms. The van der Waals surface area contributed by atoms with E-state index in [9.17, 15) is 4.79 Å². The molecule has 1 aliphatic heterocycles. The van der Waals surface area contributed by atoms with Crippen LogP contribution >= 0.6 is 11.6 Å². The SMILES string of the molecule is C=C(NC1=C(C)C(=O)NCC1)c1ccnc(-c2cccc(Cl)c2)n1. The number of amides is 1. The molecule has 122 valence electrons. The van der Waals surface area contributed by atoms with Gasteiger partial charge in [-0.15, -0.1) is 0 Å². The minimum Gasteiger partial charge on any atom is -0.357 e. The van der Waals surface area contributed by atoms with Gasteiger partial charge in [-0.3, -0.25) is 4.79 Å². The zero-order chi connectivity index (χ0) is 17.1. The Morgan fingerprint density at radius 1 is 1.38 bits per heavy atom. The lowest BCUT2D eigenvalue weighted by atomic mass is 10.1. The number of halogens is 1. The summed E-state index contributed by atoms with van der Waals surface area (Å²) in [6.45, 7) is 6.45. The standard InChI is InChI=1S/C18H17ClN4O/c1-11-15(6-9-21-18(11)24)22-12(2)16-7-8-20-17(23-16)13-4-3-5-14(19)10-13/h3-5,7-8,10,22H,2,6,9H2,1H3,(H,21,24). The number of carbonyl (C=O) groups is 1. The number of hydrogen-bond donors (Lipinski definition) is 2. The second kappa shape index (κ2) is 6.84. The first-order valence-electron chi connectivity index (χ1n) is 7.58. The molecule has 0 saturated carbocycles. The van der Waals surface area contributed by atoms with Crippen LogP contribution in [0.1, 0.15) is 19.0 Å². The molecule has 2 heterocycles. The van der Waals surface area contributed by atoms with Crippen LogP contribution in [-0.4, -0.2) is 22.4 Å². The second-order valence-electron chi connectivity index (χ2n) is 5.49. The Morgan fingerprint density at radius 3 is 3.00 bits per heavy atom. The highest BCUT2D eigenvalue weighted by molar-refractivity contribution is 6.30. The zero-order valence-electron chi connectivity index (χ0n) is 13.3. The molecule has 1 amide bonds. The van der Waals surface area contributed by atoms with Crippen molar-refractivity contribution in [3.63, 3.8) is 0 Å². The smallest absolute Gasteiger partial charge is 0.248 e. The molecule has 0 aliphatic carbocycles. The fourth-order valence-electron chi connectivity index (χ4n) is 2.45. The Labute approximate surface area is 145 Å². The Bertz CT molecular complexity index is 844. The van der Waals surface area contributed by atoms with E-state index >= 15 is 0 Å². The maximum atomic E-state index is 11.7. The molecule has 5 nitrogen and oxygen atoms in total. The van der Waals surface area contributed by atoms with Crippen molar-refractivity contribution in [3.8, 4) is 11.4 Å². The molecule has 0 atom stereocenters. The van der Waals surface area contributed by atoms with Crippen LogP contribution in [0.15, 0.2) is 54.4 Å². The zero-order valence-corrected chi connectivity index (χ0v) is 14.0. The minimum absolute atomic E-state index is 0.0566. The Balaban J connectivity index is 1.85. The molecule has 0 bridgehead atoms. The summed E-state index contributed by atoms with van der Waals surface area (Å²) in [5.74, 6) is 0.517. The van der Waals surface area contributed by atoms with Gasteiger partial charge >= 0.3 is 0 Å². The Morgan fingerprint density at radius 2 is 2.21 bits per heavy atom. The Kier molecular flexibility index (Phi) is 4.62. The van der Waals surface area contributed by atoms with Crippen LogP contribution in [0, 0.1) is 0 Å². The van der Waals surface area contributed by atoms with E-state index < -0.39 is 0 Å². The molecule has 0 fully saturated rings. The molecule has 0 saturated heterocycles. The van der Waals surface area contributed by atoms with E-state index in [1.165, 1.54) is 0 Å². The van der Waals surface area contributed by atoms with Crippen molar-refractivity contribution in [1.29, 1.82) is 0 Å². The molecule has 0 radical (unpaired) electrons. The van der Waals surface area contributed by atoms with Gasteiger partial charge in [0.2, 0.25) is 5.91 Å². The molecular weight excluding hydrogens is 324 g/mol. The van der Waals surface area contributed by atoms with Crippen LogP contribution < -0.4 is 10.6 Å². The first kappa shape index (κ1) is 16.2. The molecule has 1 aromatic heterocycles. The average molecular weight is 341 g/mol.